The molecular formula is C22H39N3O4. The number of rotatable bonds is 9. The van der Waals surface area contributed by atoms with Gasteiger partial charge in [-0.1, -0.05) is 67.0 Å². The Labute approximate surface area is 175 Å². The normalized spacial score (nSPS) is 15.5. The first-order chi connectivity index (χ1) is 13.2. The van der Waals surface area contributed by atoms with Gasteiger partial charge in [0.05, 0.1) is 0 Å². The van der Waals surface area contributed by atoms with Crippen LogP contribution >= 0.6 is 0 Å². The highest BCUT2D eigenvalue weighted by atomic mass is 16.5. The van der Waals surface area contributed by atoms with E-state index >= 15 is 0 Å². The Hall–Kier alpha value is -1.89. The molecule has 1 rings (SSSR count). The molecule has 1 aromatic heterocycles. The Morgan fingerprint density at radius 2 is 1.79 bits per heavy atom. The van der Waals surface area contributed by atoms with Crippen LogP contribution in [0.5, 0.6) is 0 Å². The molecule has 0 bridgehead atoms. The van der Waals surface area contributed by atoms with E-state index in [9.17, 15) is 14.7 Å². The second-order valence-corrected chi connectivity index (χ2v) is 10.4. The molecule has 0 aromatic carbocycles. The molecule has 3 N–H and O–H groups in total. The van der Waals surface area contributed by atoms with Crippen LogP contribution in [0, 0.1) is 16.7 Å². The monoisotopic (exact) mass is 409 g/mol. The summed E-state index contributed by atoms with van der Waals surface area (Å²) in [6.07, 6.45) is 1.76. The zero-order valence-electron chi connectivity index (χ0n) is 19.3. The summed E-state index contributed by atoms with van der Waals surface area (Å²) in [5.41, 5.74) is -0.373. The average Bonchev–Trinajstić information content (AvgIpc) is 2.97. The van der Waals surface area contributed by atoms with Crippen molar-refractivity contribution >= 4 is 17.6 Å². The lowest BCUT2D eigenvalue weighted by molar-refractivity contribution is -0.137. The van der Waals surface area contributed by atoms with Crippen molar-refractivity contribution in [3.05, 3.63) is 11.8 Å². The highest BCUT2D eigenvalue weighted by Crippen LogP contribution is 2.27. The van der Waals surface area contributed by atoms with E-state index in [1.165, 1.54) is 0 Å². The van der Waals surface area contributed by atoms with Crippen molar-refractivity contribution in [3.63, 3.8) is 0 Å². The fourth-order valence-corrected chi connectivity index (χ4v) is 3.34. The summed E-state index contributed by atoms with van der Waals surface area (Å²) in [7, 11) is 0. The van der Waals surface area contributed by atoms with Crippen LogP contribution in [0.4, 0.5) is 5.82 Å². The second-order valence-electron chi connectivity index (χ2n) is 10.4. The number of carbonyl (C=O) groups excluding carboxylic acids is 2. The van der Waals surface area contributed by atoms with E-state index in [-0.39, 0.29) is 11.3 Å². The summed E-state index contributed by atoms with van der Waals surface area (Å²) in [5.74, 6) is 0.556. The number of aromatic nitrogens is 1. The highest BCUT2D eigenvalue weighted by Gasteiger charge is 2.32. The van der Waals surface area contributed by atoms with E-state index in [0.29, 0.717) is 24.6 Å². The molecule has 0 fully saturated rings. The molecule has 0 radical (unpaired) electrons. The van der Waals surface area contributed by atoms with Crippen molar-refractivity contribution < 1.29 is 19.2 Å². The molecule has 0 aliphatic rings. The van der Waals surface area contributed by atoms with Crippen LogP contribution < -0.4 is 10.6 Å². The summed E-state index contributed by atoms with van der Waals surface area (Å²) in [4.78, 5) is 24.9. The van der Waals surface area contributed by atoms with E-state index in [1.807, 2.05) is 6.92 Å². The molecule has 1 aromatic rings. The average molecular weight is 410 g/mol. The molecule has 0 spiro atoms. The molecule has 3 unspecified atom stereocenters. The highest BCUT2D eigenvalue weighted by molar-refractivity contribution is 5.97. The number of nitrogens with one attached hydrogen (secondary N) is 2. The van der Waals surface area contributed by atoms with Crippen molar-refractivity contribution in [1.29, 1.82) is 0 Å². The zero-order chi connectivity index (χ0) is 22.4. The van der Waals surface area contributed by atoms with Crippen molar-refractivity contribution in [3.8, 4) is 0 Å². The van der Waals surface area contributed by atoms with E-state index in [4.69, 9.17) is 4.52 Å². The maximum atomic E-state index is 12.6. The molecule has 2 amide bonds. The van der Waals surface area contributed by atoms with Gasteiger partial charge in [0.15, 0.2) is 5.82 Å². The van der Waals surface area contributed by atoms with Gasteiger partial charge in [-0.25, -0.2) is 0 Å². The predicted molar refractivity (Wildman–Crippen MR) is 114 cm³/mol. The number of carbonyl (C=O) groups is 2. The van der Waals surface area contributed by atoms with Gasteiger partial charge in [-0.05, 0) is 29.6 Å². The lowest BCUT2D eigenvalue weighted by Crippen LogP contribution is -2.50. The number of aliphatic hydroxyl groups is 1. The third-order valence-electron chi connectivity index (χ3n) is 4.60. The minimum absolute atomic E-state index is 0.236. The van der Waals surface area contributed by atoms with Crippen LogP contribution in [0.3, 0.4) is 0 Å². The number of anilines is 1. The van der Waals surface area contributed by atoms with Gasteiger partial charge in [0.25, 0.3) is 0 Å². The number of hydrogen-bond donors (Lipinski definition) is 3. The third-order valence-corrected chi connectivity index (χ3v) is 4.60. The van der Waals surface area contributed by atoms with Crippen molar-refractivity contribution in [2.24, 2.45) is 16.7 Å². The summed E-state index contributed by atoms with van der Waals surface area (Å²) in [6, 6.07) is 0.982. The van der Waals surface area contributed by atoms with Crippen LogP contribution in [0.25, 0.3) is 0 Å². The molecule has 7 nitrogen and oxygen atoms in total. The Kier molecular flexibility index (Phi) is 8.87. The number of hydrogen-bond acceptors (Lipinski definition) is 5. The van der Waals surface area contributed by atoms with Gasteiger partial charge >= 0.3 is 0 Å². The quantitative estimate of drug-likeness (QED) is 0.573. The van der Waals surface area contributed by atoms with Gasteiger partial charge in [-0.3, -0.25) is 9.59 Å². The summed E-state index contributed by atoms with van der Waals surface area (Å²) in [6.45, 7) is 16.0. The number of nitrogens with zero attached hydrogens (tertiary/aromatic N) is 1. The largest absolute Gasteiger partial charge is 0.383 e. The van der Waals surface area contributed by atoms with Crippen LogP contribution in [0.1, 0.15) is 80.4 Å². The Morgan fingerprint density at radius 3 is 2.31 bits per heavy atom. The van der Waals surface area contributed by atoms with E-state index in [1.54, 1.807) is 26.8 Å². The molecule has 29 heavy (non-hydrogen) atoms. The van der Waals surface area contributed by atoms with Crippen LogP contribution in [-0.4, -0.2) is 34.2 Å². The van der Waals surface area contributed by atoms with E-state index < -0.39 is 23.5 Å². The van der Waals surface area contributed by atoms with Gasteiger partial charge in [-0.2, -0.15) is 0 Å². The van der Waals surface area contributed by atoms with Crippen LogP contribution in [-0.2, 0) is 16.0 Å². The van der Waals surface area contributed by atoms with Crippen molar-refractivity contribution in [2.75, 3.05) is 5.32 Å². The molecule has 7 heteroatoms. The number of aliphatic hydroxyl groups excluding tert-OH is 1. The van der Waals surface area contributed by atoms with Crippen LogP contribution in [0.2, 0.25) is 0 Å². The van der Waals surface area contributed by atoms with Gasteiger partial charge in [0.1, 0.15) is 17.9 Å². The Bertz CT molecular complexity index is 670. The third kappa shape index (κ3) is 8.98. The minimum Gasteiger partial charge on any atom is -0.383 e. The Morgan fingerprint density at radius 1 is 1.17 bits per heavy atom. The zero-order valence-corrected chi connectivity index (χ0v) is 19.3. The van der Waals surface area contributed by atoms with Crippen molar-refractivity contribution in [1.82, 2.24) is 10.5 Å². The summed E-state index contributed by atoms with van der Waals surface area (Å²) in [5, 5.41) is 19.4. The molecule has 166 valence electrons. The topological polar surface area (TPSA) is 104 Å². The molecule has 1 heterocycles. The first-order valence-electron chi connectivity index (χ1n) is 10.5. The smallest absolute Gasteiger partial charge is 0.250 e. The molecule has 0 aliphatic heterocycles. The number of amides is 2. The molecule has 0 aliphatic carbocycles. The first kappa shape index (κ1) is 25.1. The van der Waals surface area contributed by atoms with E-state index in [2.05, 4.69) is 43.5 Å². The van der Waals surface area contributed by atoms with Gasteiger partial charge in [0.2, 0.25) is 11.8 Å². The summed E-state index contributed by atoms with van der Waals surface area (Å²) >= 11 is 0. The minimum atomic E-state index is -1.20. The lowest BCUT2D eigenvalue weighted by atomic mass is 9.84. The van der Waals surface area contributed by atoms with Gasteiger partial charge < -0.3 is 20.3 Å². The lowest BCUT2D eigenvalue weighted by Gasteiger charge is -2.26. The predicted octanol–water partition coefficient (Wildman–Crippen LogP) is 3.92. The fraction of sp³-hybridized carbons (Fsp3) is 0.773. The molecular weight excluding hydrogens is 370 g/mol. The van der Waals surface area contributed by atoms with Gasteiger partial charge in [0, 0.05) is 12.5 Å². The maximum absolute atomic E-state index is 12.6. The van der Waals surface area contributed by atoms with E-state index in [0.717, 1.165) is 18.6 Å². The van der Waals surface area contributed by atoms with Crippen molar-refractivity contribution in [2.45, 2.75) is 93.2 Å². The second kappa shape index (κ2) is 10.2. The van der Waals surface area contributed by atoms with Gasteiger partial charge in [-0.15, -0.1) is 0 Å². The first-order valence-corrected chi connectivity index (χ1v) is 10.5. The maximum Gasteiger partial charge on any atom is 0.250 e. The molecule has 0 saturated heterocycles. The Balaban J connectivity index is 2.72. The standard InChI is InChI=1S/C22H39N3O4/c1-9-10-16(23-20(28)18(26)22(6,7)8)19(27)24-17-12-15(29-25-17)11-14(2)13-21(3,4)5/h12,14,16,18,26H,9-11,13H2,1-8H3,(H,23,28)(H,24,25,27). The fourth-order valence-electron chi connectivity index (χ4n) is 3.34. The molecule has 3 atom stereocenters. The summed E-state index contributed by atoms with van der Waals surface area (Å²) < 4.78 is 5.36. The SMILES string of the molecule is CCCC(NC(=O)C(O)C(C)(C)C)C(=O)Nc1cc(CC(C)CC(C)(C)C)on1. The van der Waals surface area contributed by atoms with Crippen LogP contribution in [0.15, 0.2) is 10.6 Å². The molecule has 0 saturated carbocycles.